The van der Waals surface area contributed by atoms with Gasteiger partial charge in [-0.05, 0) is 6.07 Å². The number of ether oxygens (including phenoxy) is 1. The summed E-state index contributed by atoms with van der Waals surface area (Å²) in [6.07, 6.45) is 0. The van der Waals surface area contributed by atoms with Gasteiger partial charge in [0.25, 0.3) is 0 Å². The largest absolute Gasteiger partial charge is 0.494 e. The summed E-state index contributed by atoms with van der Waals surface area (Å²) in [6, 6.07) is 1.58. The quantitative estimate of drug-likeness (QED) is 0.778. The van der Waals surface area contributed by atoms with Crippen molar-refractivity contribution in [3.8, 4) is 5.75 Å². The smallest absolute Gasteiger partial charge is 0.236 e. The Balaban J connectivity index is 3.24. The van der Waals surface area contributed by atoms with E-state index in [-0.39, 0.29) is 11.3 Å². The SMILES string of the molecule is COc1cc(F)cc(CS(=O)(=O)Cl)c1F. The summed E-state index contributed by atoms with van der Waals surface area (Å²) in [5.41, 5.74) is -0.359. The summed E-state index contributed by atoms with van der Waals surface area (Å²) in [7, 11) is 2.15. The molecule has 0 spiro atoms. The van der Waals surface area contributed by atoms with Gasteiger partial charge in [-0.15, -0.1) is 0 Å². The highest BCUT2D eigenvalue weighted by Gasteiger charge is 2.16. The normalized spacial score (nSPS) is 11.5. The first kappa shape index (κ1) is 12.2. The number of hydrogen-bond acceptors (Lipinski definition) is 3. The van der Waals surface area contributed by atoms with Gasteiger partial charge in [-0.1, -0.05) is 0 Å². The van der Waals surface area contributed by atoms with Crippen LogP contribution in [0.15, 0.2) is 12.1 Å². The van der Waals surface area contributed by atoms with Crippen molar-refractivity contribution in [3.63, 3.8) is 0 Å². The molecule has 0 bridgehead atoms. The highest BCUT2D eigenvalue weighted by molar-refractivity contribution is 8.13. The van der Waals surface area contributed by atoms with Crippen molar-refractivity contribution in [3.05, 3.63) is 29.3 Å². The predicted molar refractivity (Wildman–Crippen MR) is 51.4 cm³/mol. The monoisotopic (exact) mass is 256 g/mol. The van der Waals surface area contributed by atoms with Gasteiger partial charge in [0, 0.05) is 22.3 Å². The minimum atomic E-state index is -3.93. The van der Waals surface area contributed by atoms with Crippen LogP contribution in [0.2, 0.25) is 0 Å². The number of hydrogen-bond donors (Lipinski definition) is 0. The molecule has 84 valence electrons. The van der Waals surface area contributed by atoms with Gasteiger partial charge in [0.15, 0.2) is 11.6 Å². The molecule has 0 heterocycles. The summed E-state index contributed by atoms with van der Waals surface area (Å²) >= 11 is 0. The van der Waals surface area contributed by atoms with Crippen LogP contribution < -0.4 is 4.74 Å². The highest BCUT2D eigenvalue weighted by Crippen LogP contribution is 2.24. The van der Waals surface area contributed by atoms with Gasteiger partial charge in [0.2, 0.25) is 9.05 Å². The topological polar surface area (TPSA) is 43.4 Å². The van der Waals surface area contributed by atoms with E-state index in [9.17, 15) is 17.2 Å². The molecule has 0 unspecified atom stereocenters. The zero-order valence-corrected chi connectivity index (χ0v) is 9.20. The van der Waals surface area contributed by atoms with E-state index in [1.807, 2.05) is 0 Å². The third kappa shape index (κ3) is 3.32. The van der Waals surface area contributed by atoms with E-state index < -0.39 is 26.4 Å². The van der Waals surface area contributed by atoms with E-state index in [1.165, 1.54) is 0 Å². The molecular formula is C8H7ClF2O3S. The first-order valence-electron chi connectivity index (χ1n) is 3.77. The highest BCUT2D eigenvalue weighted by atomic mass is 35.7. The maximum atomic E-state index is 13.4. The van der Waals surface area contributed by atoms with Gasteiger partial charge in [-0.25, -0.2) is 17.2 Å². The van der Waals surface area contributed by atoms with Crippen molar-refractivity contribution in [2.24, 2.45) is 0 Å². The minimum absolute atomic E-state index is 0.356. The van der Waals surface area contributed by atoms with Crippen LogP contribution >= 0.6 is 10.7 Å². The lowest BCUT2D eigenvalue weighted by atomic mass is 10.2. The number of methoxy groups -OCH3 is 1. The van der Waals surface area contributed by atoms with Crippen molar-refractivity contribution in [2.75, 3.05) is 7.11 Å². The van der Waals surface area contributed by atoms with Crippen LogP contribution in [0, 0.1) is 11.6 Å². The lowest BCUT2D eigenvalue weighted by molar-refractivity contribution is 0.381. The van der Waals surface area contributed by atoms with E-state index in [2.05, 4.69) is 4.74 Å². The Morgan fingerprint density at radius 3 is 2.47 bits per heavy atom. The first-order valence-corrected chi connectivity index (χ1v) is 6.25. The van der Waals surface area contributed by atoms with Crippen molar-refractivity contribution in [1.29, 1.82) is 0 Å². The van der Waals surface area contributed by atoms with Gasteiger partial charge >= 0.3 is 0 Å². The molecule has 1 aromatic rings. The van der Waals surface area contributed by atoms with Crippen molar-refractivity contribution in [2.45, 2.75) is 5.75 Å². The van der Waals surface area contributed by atoms with E-state index in [1.54, 1.807) is 0 Å². The van der Waals surface area contributed by atoms with Crippen LogP contribution in [0.5, 0.6) is 5.75 Å². The Bertz CT molecular complexity index is 473. The molecule has 7 heteroatoms. The molecule has 0 atom stereocenters. The molecule has 0 aliphatic carbocycles. The van der Waals surface area contributed by atoms with Gasteiger partial charge in [-0.2, -0.15) is 0 Å². The maximum absolute atomic E-state index is 13.4. The molecule has 0 saturated carbocycles. The molecule has 0 aliphatic rings. The second kappa shape index (κ2) is 4.32. The zero-order valence-electron chi connectivity index (χ0n) is 7.63. The number of rotatable bonds is 3. The lowest BCUT2D eigenvalue weighted by Gasteiger charge is -2.06. The van der Waals surface area contributed by atoms with Crippen molar-refractivity contribution < 1.29 is 21.9 Å². The van der Waals surface area contributed by atoms with Gasteiger partial charge in [0.05, 0.1) is 12.9 Å². The molecular weight excluding hydrogens is 250 g/mol. The Morgan fingerprint density at radius 2 is 2.00 bits per heavy atom. The van der Waals surface area contributed by atoms with Gasteiger partial charge in [0.1, 0.15) is 5.82 Å². The molecule has 0 fully saturated rings. The van der Waals surface area contributed by atoms with Crippen LogP contribution in [0.4, 0.5) is 8.78 Å². The Morgan fingerprint density at radius 1 is 1.40 bits per heavy atom. The third-order valence-corrected chi connectivity index (χ3v) is 2.61. The maximum Gasteiger partial charge on any atom is 0.236 e. The van der Waals surface area contributed by atoms with E-state index >= 15 is 0 Å². The second-order valence-corrected chi connectivity index (χ2v) is 5.54. The van der Waals surface area contributed by atoms with Crippen LogP contribution in [-0.4, -0.2) is 15.5 Å². The fourth-order valence-corrected chi connectivity index (χ4v) is 1.99. The Hall–Kier alpha value is -0.880. The molecule has 0 aromatic heterocycles. The molecule has 15 heavy (non-hydrogen) atoms. The third-order valence-electron chi connectivity index (χ3n) is 1.63. The van der Waals surface area contributed by atoms with Gasteiger partial charge in [-0.3, -0.25) is 0 Å². The lowest BCUT2D eigenvalue weighted by Crippen LogP contribution is -2.01. The minimum Gasteiger partial charge on any atom is -0.494 e. The molecule has 1 rings (SSSR count). The molecule has 0 N–H and O–H groups in total. The summed E-state index contributed by atoms with van der Waals surface area (Å²) in [5.74, 6) is -2.86. The van der Waals surface area contributed by atoms with Crippen LogP contribution in [0.3, 0.4) is 0 Å². The van der Waals surface area contributed by atoms with Gasteiger partial charge < -0.3 is 4.74 Å². The Labute approximate surface area is 90.0 Å². The summed E-state index contributed by atoms with van der Waals surface area (Å²) in [5, 5.41) is 0. The van der Waals surface area contributed by atoms with E-state index in [0.717, 1.165) is 19.2 Å². The van der Waals surface area contributed by atoms with Crippen LogP contribution in [-0.2, 0) is 14.8 Å². The summed E-state index contributed by atoms with van der Waals surface area (Å²) < 4.78 is 52.2. The molecule has 0 aliphatic heterocycles. The van der Waals surface area contributed by atoms with E-state index in [0.29, 0.717) is 0 Å². The number of halogens is 3. The van der Waals surface area contributed by atoms with Crippen LogP contribution in [0.25, 0.3) is 0 Å². The molecule has 1 aromatic carbocycles. The van der Waals surface area contributed by atoms with Crippen molar-refractivity contribution >= 4 is 19.7 Å². The second-order valence-electron chi connectivity index (χ2n) is 2.76. The van der Waals surface area contributed by atoms with Crippen LogP contribution in [0.1, 0.15) is 5.56 Å². The molecule has 0 saturated heterocycles. The average Bonchev–Trinajstić information content (AvgIpc) is 2.08. The van der Waals surface area contributed by atoms with E-state index in [4.69, 9.17) is 10.7 Å². The Kier molecular flexibility index (Phi) is 3.51. The first-order chi connectivity index (χ1) is 6.83. The summed E-state index contributed by atoms with van der Waals surface area (Å²) in [6.45, 7) is 0. The molecule has 0 amide bonds. The zero-order chi connectivity index (χ0) is 11.6. The predicted octanol–water partition coefficient (Wildman–Crippen LogP) is 2.04. The fourth-order valence-electron chi connectivity index (χ4n) is 1.06. The fraction of sp³-hybridized carbons (Fsp3) is 0.250. The molecule has 3 nitrogen and oxygen atoms in total. The average molecular weight is 257 g/mol. The standard InChI is InChI=1S/C8H7ClF2O3S/c1-14-7-3-6(10)2-5(8(7)11)4-15(9,12)13/h2-3H,4H2,1H3. The van der Waals surface area contributed by atoms with Crippen molar-refractivity contribution in [1.82, 2.24) is 0 Å². The summed E-state index contributed by atoms with van der Waals surface area (Å²) in [4.78, 5) is 0. The number of benzene rings is 1. The molecule has 0 radical (unpaired) electrons.